The van der Waals surface area contributed by atoms with Gasteiger partial charge in [-0.15, -0.1) is 0 Å². The van der Waals surface area contributed by atoms with E-state index >= 15 is 0 Å². The molecule has 0 spiro atoms. The van der Waals surface area contributed by atoms with Gasteiger partial charge in [0, 0.05) is 17.2 Å². The number of hydrogen-bond donors (Lipinski definition) is 2. The van der Waals surface area contributed by atoms with Crippen LogP contribution in [0.4, 0.5) is 18.9 Å². The Kier molecular flexibility index (Phi) is 7.26. The number of alkyl halides is 3. The molecule has 0 aliphatic carbocycles. The minimum atomic E-state index is -5.61. The summed E-state index contributed by atoms with van der Waals surface area (Å²) in [6.45, 7) is 5.03. The Morgan fingerprint density at radius 1 is 1.26 bits per heavy atom. The van der Waals surface area contributed by atoms with Gasteiger partial charge in [0.15, 0.2) is 4.90 Å². The van der Waals surface area contributed by atoms with Crippen LogP contribution in [0, 0.1) is 6.92 Å². The molecule has 170 valence electrons. The van der Waals surface area contributed by atoms with Crippen LogP contribution >= 0.6 is 11.6 Å². The molecule has 1 amide bonds. The van der Waals surface area contributed by atoms with E-state index in [4.69, 9.17) is 11.6 Å². The summed E-state index contributed by atoms with van der Waals surface area (Å²) in [5, 5.41) is 12.5. The van der Waals surface area contributed by atoms with E-state index in [-0.39, 0.29) is 28.5 Å². The van der Waals surface area contributed by atoms with Crippen molar-refractivity contribution in [1.82, 2.24) is 0 Å². The van der Waals surface area contributed by atoms with E-state index in [1.807, 2.05) is 0 Å². The Labute approximate surface area is 185 Å². The van der Waals surface area contributed by atoms with Gasteiger partial charge in [0.2, 0.25) is 0 Å². The molecule has 0 saturated carbocycles. The SMILES string of the molecule is Cc1c([S+](C)[O-])cc(C(C)C)c(O)c1C(=O)Nc1ccc(S(=O)(=O)C(F)(F)F)cc1Cl. The van der Waals surface area contributed by atoms with Gasteiger partial charge >= 0.3 is 5.51 Å². The van der Waals surface area contributed by atoms with E-state index in [0.29, 0.717) is 22.6 Å². The van der Waals surface area contributed by atoms with Crippen molar-refractivity contribution in [3.8, 4) is 5.75 Å². The highest BCUT2D eigenvalue weighted by Crippen LogP contribution is 2.37. The van der Waals surface area contributed by atoms with Crippen LogP contribution in [0.2, 0.25) is 5.02 Å². The Hall–Kier alpha value is -1.95. The number of carbonyl (C=O) groups excluding carboxylic acids is 1. The lowest BCUT2D eigenvalue weighted by molar-refractivity contribution is -0.0436. The van der Waals surface area contributed by atoms with Crippen LogP contribution in [-0.4, -0.2) is 35.7 Å². The summed E-state index contributed by atoms with van der Waals surface area (Å²) in [5.74, 6) is -1.38. The molecule has 1 unspecified atom stereocenters. The van der Waals surface area contributed by atoms with Crippen LogP contribution < -0.4 is 5.32 Å². The fraction of sp³-hybridized carbons (Fsp3) is 0.316. The quantitative estimate of drug-likeness (QED) is 0.579. The van der Waals surface area contributed by atoms with Gasteiger partial charge in [0.05, 0.1) is 21.2 Å². The minimum Gasteiger partial charge on any atom is -0.612 e. The molecule has 12 heteroatoms. The van der Waals surface area contributed by atoms with Crippen molar-refractivity contribution < 1.29 is 36.0 Å². The molecule has 0 radical (unpaired) electrons. The summed E-state index contributed by atoms with van der Waals surface area (Å²) >= 11 is 4.44. The van der Waals surface area contributed by atoms with Crippen molar-refractivity contribution in [2.45, 2.75) is 42.0 Å². The number of phenols is 1. The summed E-state index contributed by atoms with van der Waals surface area (Å²) in [4.78, 5) is 12.1. The number of hydrogen-bond acceptors (Lipinski definition) is 5. The molecule has 0 heterocycles. The second-order valence-electron chi connectivity index (χ2n) is 6.97. The average molecular weight is 498 g/mol. The van der Waals surface area contributed by atoms with Crippen LogP contribution in [0.15, 0.2) is 34.1 Å². The summed E-state index contributed by atoms with van der Waals surface area (Å²) in [6.07, 6.45) is 1.42. The largest absolute Gasteiger partial charge is 0.612 e. The monoisotopic (exact) mass is 497 g/mol. The van der Waals surface area contributed by atoms with Crippen molar-refractivity contribution in [1.29, 1.82) is 0 Å². The third kappa shape index (κ3) is 4.94. The van der Waals surface area contributed by atoms with Gasteiger partial charge in [-0.25, -0.2) is 8.42 Å². The van der Waals surface area contributed by atoms with Crippen LogP contribution in [-0.2, 0) is 21.0 Å². The Bertz CT molecular complexity index is 1100. The summed E-state index contributed by atoms with van der Waals surface area (Å²) in [5.41, 5.74) is -5.19. The van der Waals surface area contributed by atoms with E-state index in [1.54, 1.807) is 19.9 Å². The van der Waals surface area contributed by atoms with Gasteiger partial charge in [0.25, 0.3) is 15.7 Å². The molecule has 31 heavy (non-hydrogen) atoms. The summed E-state index contributed by atoms with van der Waals surface area (Å²) < 4.78 is 73.3. The van der Waals surface area contributed by atoms with Crippen molar-refractivity contribution >= 4 is 44.2 Å². The number of carbonyl (C=O) groups is 1. The zero-order valence-electron chi connectivity index (χ0n) is 16.8. The highest BCUT2D eigenvalue weighted by molar-refractivity contribution is 7.92. The van der Waals surface area contributed by atoms with Crippen molar-refractivity contribution in [2.75, 3.05) is 11.6 Å². The van der Waals surface area contributed by atoms with Gasteiger partial charge in [-0.1, -0.05) is 25.4 Å². The number of benzene rings is 2. The number of phenolic OH excluding ortho intramolecular Hbond substituents is 1. The lowest BCUT2D eigenvalue weighted by atomic mass is 9.95. The second-order valence-corrected chi connectivity index (χ2v) is 10.7. The van der Waals surface area contributed by atoms with E-state index in [2.05, 4.69) is 5.32 Å². The molecule has 0 fully saturated rings. The number of amides is 1. The first-order valence-electron chi connectivity index (χ1n) is 8.71. The molecule has 0 aliphatic rings. The van der Waals surface area contributed by atoms with E-state index in [1.165, 1.54) is 13.2 Å². The topological polar surface area (TPSA) is 107 Å². The van der Waals surface area contributed by atoms with Gasteiger partial charge < -0.3 is 15.0 Å². The Balaban J connectivity index is 2.51. The fourth-order valence-electron chi connectivity index (χ4n) is 2.86. The highest BCUT2D eigenvalue weighted by Gasteiger charge is 2.47. The lowest BCUT2D eigenvalue weighted by Gasteiger charge is -2.19. The summed E-state index contributed by atoms with van der Waals surface area (Å²) in [6, 6.07) is 3.69. The zero-order chi connectivity index (χ0) is 23.9. The van der Waals surface area contributed by atoms with E-state index < -0.39 is 42.3 Å². The molecule has 2 aromatic carbocycles. The number of anilines is 1. The summed E-state index contributed by atoms with van der Waals surface area (Å²) in [7, 11) is -5.61. The fourth-order valence-corrected chi connectivity index (χ4v) is 4.77. The minimum absolute atomic E-state index is 0.166. The van der Waals surface area contributed by atoms with Gasteiger partial charge in [-0.2, -0.15) is 13.2 Å². The van der Waals surface area contributed by atoms with Crippen molar-refractivity contribution in [2.24, 2.45) is 0 Å². The van der Waals surface area contributed by atoms with Gasteiger partial charge in [-0.3, -0.25) is 4.79 Å². The van der Waals surface area contributed by atoms with Crippen LogP contribution in [0.3, 0.4) is 0 Å². The molecule has 1 atom stereocenters. The third-order valence-corrected chi connectivity index (χ3v) is 7.34. The van der Waals surface area contributed by atoms with Gasteiger partial charge in [0.1, 0.15) is 12.0 Å². The number of rotatable bonds is 5. The van der Waals surface area contributed by atoms with E-state index in [0.717, 1.165) is 6.07 Å². The lowest BCUT2D eigenvalue weighted by Crippen LogP contribution is -2.23. The average Bonchev–Trinajstić information content (AvgIpc) is 2.61. The van der Waals surface area contributed by atoms with Crippen molar-refractivity contribution in [3.63, 3.8) is 0 Å². The molecule has 2 N–H and O–H groups in total. The first-order valence-corrected chi connectivity index (χ1v) is 12.1. The molecule has 0 aromatic heterocycles. The van der Waals surface area contributed by atoms with Crippen LogP contribution in [0.1, 0.15) is 41.3 Å². The number of halogens is 4. The first-order chi connectivity index (χ1) is 14.1. The van der Waals surface area contributed by atoms with Crippen LogP contribution in [0.25, 0.3) is 0 Å². The number of sulfone groups is 1. The normalized spacial score (nSPS) is 13.4. The Morgan fingerprint density at radius 3 is 2.29 bits per heavy atom. The third-order valence-electron chi connectivity index (χ3n) is 4.50. The second kappa shape index (κ2) is 8.89. The molecule has 6 nitrogen and oxygen atoms in total. The molecule has 0 aliphatic heterocycles. The maximum atomic E-state index is 12.9. The van der Waals surface area contributed by atoms with Gasteiger partial charge in [-0.05, 0) is 42.2 Å². The smallest absolute Gasteiger partial charge is 0.501 e. The van der Waals surface area contributed by atoms with Crippen molar-refractivity contribution in [3.05, 3.63) is 46.0 Å². The predicted octanol–water partition coefficient (Wildman–Crippen LogP) is 4.76. The molecule has 2 aromatic rings. The number of nitrogens with one attached hydrogen (secondary N) is 1. The molecular formula is C19H19ClF3NO5S2. The molecular weight excluding hydrogens is 479 g/mol. The molecule has 0 saturated heterocycles. The Morgan fingerprint density at radius 2 is 1.84 bits per heavy atom. The first kappa shape index (κ1) is 25.3. The standard InChI is InChI=1S/C19H19ClF3NO5S2/c1-9(2)12-8-15(30(4)27)10(3)16(17(12)25)18(26)24-14-6-5-11(7-13(14)20)31(28,29)19(21,22)23/h5-9,25H,1-4H3,(H,24,26). The van der Waals surface area contributed by atoms with Crippen LogP contribution in [0.5, 0.6) is 5.75 Å². The molecule has 0 bridgehead atoms. The maximum Gasteiger partial charge on any atom is 0.501 e. The number of aromatic hydroxyl groups is 1. The predicted molar refractivity (Wildman–Crippen MR) is 112 cm³/mol. The maximum absolute atomic E-state index is 12.9. The molecule has 2 rings (SSSR count). The highest BCUT2D eigenvalue weighted by atomic mass is 35.5. The zero-order valence-corrected chi connectivity index (χ0v) is 19.2. The van der Waals surface area contributed by atoms with E-state index in [9.17, 15) is 36.0 Å².